The van der Waals surface area contributed by atoms with E-state index in [0.717, 1.165) is 45.1 Å². The lowest BCUT2D eigenvalue weighted by Crippen LogP contribution is -2.55. The number of nitrogens with zero attached hydrogens (tertiary/aromatic N) is 3. The van der Waals surface area contributed by atoms with Crippen LogP contribution >= 0.6 is 0 Å². The van der Waals surface area contributed by atoms with E-state index in [9.17, 15) is 4.79 Å². The number of ether oxygens (including phenoxy) is 1. The summed E-state index contributed by atoms with van der Waals surface area (Å²) in [6.07, 6.45) is 3.64. The van der Waals surface area contributed by atoms with Crippen molar-refractivity contribution in [3.8, 4) is 0 Å². The molecule has 1 aromatic rings. The Morgan fingerprint density at radius 3 is 2.71 bits per heavy atom. The molecule has 2 fully saturated rings. The number of carbonyl (C=O) groups is 1. The van der Waals surface area contributed by atoms with Crippen LogP contribution < -0.4 is 10.2 Å². The number of hydrogen-bond acceptors (Lipinski definition) is 4. The molecule has 0 unspecified atom stereocenters. The third kappa shape index (κ3) is 3.26. The van der Waals surface area contributed by atoms with Gasteiger partial charge in [-0.15, -0.1) is 0 Å². The molecular weight excluding hydrogens is 268 g/mol. The predicted molar refractivity (Wildman–Crippen MR) is 80.3 cm³/mol. The first-order valence-electron chi connectivity index (χ1n) is 7.42. The Bertz CT molecular complexity index is 482. The lowest BCUT2D eigenvalue weighted by molar-refractivity contribution is -0.0978. The number of rotatable bonds is 3. The highest BCUT2D eigenvalue weighted by molar-refractivity contribution is 5.74. The van der Waals surface area contributed by atoms with Crippen molar-refractivity contribution in [2.75, 3.05) is 50.8 Å². The summed E-state index contributed by atoms with van der Waals surface area (Å²) in [6, 6.07) is 4.03. The molecule has 0 radical (unpaired) electrons. The molecule has 6 nitrogen and oxygen atoms in total. The van der Waals surface area contributed by atoms with Gasteiger partial charge in [-0.05, 0) is 12.1 Å². The van der Waals surface area contributed by atoms with Crippen LogP contribution in [0.3, 0.4) is 0 Å². The minimum absolute atomic E-state index is 0.0361. The van der Waals surface area contributed by atoms with E-state index in [4.69, 9.17) is 4.74 Å². The van der Waals surface area contributed by atoms with E-state index in [0.29, 0.717) is 6.54 Å². The third-order valence-corrected chi connectivity index (χ3v) is 4.15. The Kier molecular flexibility index (Phi) is 3.96. The number of nitrogens with one attached hydrogen (secondary N) is 1. The van der Waals surface area contributed by atoms with Crippen LogP contribution in [-0.4, -0.2) is 61.9 Å². The van der Waals surface area contributed by atoms with Gasteiger partial charge >= 0.3 is 6.03 Å². The molecule has 3 heterocycles. The second kappa shape index (κ2) is 5.89. The highest BCUT2D eigenvalue weighted by atomic mass is 16.5. The molecule has 2 amide bonds. The fraction of sp³-hybridized carbons (Fsp3) is 0.600. The second-order valence-electron chi connectivity index (χ2n) is 6.15. The Labute approximate surface area is 125 Å². The van der Waals surface area contributed by atoms with Crippen LogP contribution in [0.1, 0.15) is 6.92 Å². The first-order chi connectivity index (χ1) is 10.2. The van der Waals surface area contributed by atoms with Gasteiger partial charge < -0.3 is 19.9 Å². The zero-order chi connectivity index (χ0) is 14.7. The van der Waals surface area contributed by atoms with E-state index in [-0.39, 0.29) is 11.4 Å². The number of aromatic nitrogens is 1. The Morgan fingerprint density at radius 2 is 2.14 bits per heavy atom. The van der Waals surface area contributed by atoms with E-state index < -0.39 is 0 Å². The highest BCUT2D eigenvalue weighted by Crippen LogP contribution is 2.25. The van der Waals surface area contributed by atoms with Gasteiger partial charge in [0.25, 0.3) is 0 Å². The van der Waals surface area contributed by atoms with E-state index in [1.165, 1.54) is 0 Å². The molecule has 1 N–H and O–H groups in total. The van der Waals surface area contributed by atoms with Crippen molar-refractivity contribution in [1.29, 1.82) is 0 Å². The van der Waals surface area contributed by atoms with Crippen LogP contribution in [-0.2, 0) is 4.74 Å². The minimum atomic E-state index is 0.0361. The average Bonchev–Trinajstić information content (AvgIpc) is 2.52. The maximum atomic E-state index is 12.2. The summed E-state index contributed by atoms with van der Waals surface area (Å²) in [5, 5.41) is 3.03. The van der Waals surface area contributed by atoms with Crippen LogP contribution in [0.15, 0.2) is 24.5 Å². The summed E-state index contributed by atoms with van der Waals surface area (Å²) in [4.78, 5) is 20.5. The molecule has 114 valence electrons. The summed E-state index contributed by atoms with van der Waals surface area (Å²) in [5.41, 5.74) is 1.24. The first-order valence-corrected chi connectivity index (χ1v) is 7.42. The van der Waals surface area contributed by atoms with Crippen LogP contribution in [0.4, 0.5) is 10.5 Å². The summed E-state index contributed by atoms with van der Waals surface area (Å²) >= 11 is 0. The largest absolute Gasteiger partial charge is 0.380 e. The zero-order valence-electron chi connectivity index (χ0n) is 12.4. The van der Waals surface area contributed by atoms with Gasteiger partial charge in [0.2, 0.25) is 0 Å². The van der Waals surface area contributed by atoms with Gasteiger partial charge in [0.1, 0.15) is 0 Å². The number of anilines is 1. The van der Waals surface area contributed by atoms with Gasteiger partial charge in [-0.2, -0.15) is 0 Å². The third-order valence-electron chi connectivity index (χ3n) is 4.15. The number of hydrogen-bond donors (Lipinski definition) is 1. The van der Waals surface area contributed by atoms with Gasteiger partial charge in [-0.3, -0.25) is 4.98 Å². The molecule has 3 rings (SSSR count). The van der Waals surface area contributed by atoms with Gasteiger partial charge in [0, 0.05) is 44.3 Å². The topological polar surface area (TPSA) is 57.7 Å². The van der Waals surface area contributed by atoms with Crippen molar-refractivity contribution in [1.82, 2.24) is 15.2 Å². The highest BCUT2D eigenvalue weighted by Gasteiger charge is 2.34. The molecule has 2 saturated heterocycles. The molecule has 1 aromatic heterocycles. The number of carbonyl (C=O) groups excluding carboxylic acids is 1. The summed E-state index contributed by atoms with van der Waals surface area (Å²) in [6.45, 7) is 7.48. The summed E-state index contributed by atoms with van der Waals surface area (Å²) in [7, 11) is 0. The molecule has 0 atom stereocenters. The molecule has 6 heteroatoms. The number of piperazine rings is 1. The van der Waals surface area contributed by atoms with Gasteiger partial charge in [-0.1, -0.05) is 6.92 Å². The SMILES string of the molecule is CC1(CNC(=O)N2CCN(c3cccnc3)CC2)COC1. The van der Waals surface area contributed by atoms with Gasteiger partial charge in [0.05, 0.1) is 25.1 Å². The summed E-state index contributed by atoms with van der Waals surface area (Å²) in [5.74, 6) is 0. The number of amides is 2. The van der Waals surface area contributed by atoms with E-state index in [2.05, 4.69) is 28.2 Å². The fourth-order valence-electron chi connectivity index (χ4n) is 2.66. The lowest BCUT2D eigenvalue weighted by Gasteiger charge is -2.40. The standard InChI is InChI=1S/C15H22N4O2/c1-15(11-21-12-15)10-17-14(20)19-7-5-18(6-8-19)13-3-2-4-16-9-13/h2-4,9H,5-8,10-12H2,1H3,(H,17,20). The molecule has 0 bridgehead atoms. The van der Waals surface area contributed by atoms with Crippen molar-refractivity contribution < 1.29 is 9.53 Å². The van der Waals surface area contributed by atoms with Crippen LogP contribution in [0.25, 0.3) is 0 Å². The monoisotopic (exact) mass is 290 g/mol. The molecular formula is C15H22N4O2. The molecule has 0 aromatic carbocycles. The Morgan fingerprint density at radius 1 is 1.38 bits per heavy atom. The molecule has 0 spiro atoms. The smallest absolute Gasteiger partial charge is 0.317 e. The lowest BCUT2D eigenvalue weighted by atomic mass is 9.89. The van der Waals surface area contributed by atoms with E-state index >= 15 is 0 Å². The van der Waals surface area contributed by atoms with E-state index in [1.54, 1.807) is 6.20 Å². The Hall–Kier alpha value is -1.82. The zero-order valence-corrected chi connectivity index (χ0v) is 12.4. The van der Waals surface area contributed by atoms with Gasteiger partial charge in [-0.25, -0.2) is 4.79 Å². The normalized spacial score (nSPS) is 20.8. The fourth-order valence-corrected chi connectivity index (χ4v) is 2.66. The van der Waals surface area contributed by atoms with Crippen molar-refractivity contribution in [3.63, 3.8) is 0 Å². The molecule has 2 aliphatic heterocycles. The Balaban J connectivity index is 1.45. The number of urea groups is 1. The van der Waals surface area contributed by atoms with Crippen LogP contribution in [0, 0.1) is 5.41 Å². The second-order valence-corrected chi connectivity index (χ2v) is 6.15. The van der Waals surface area contributed by atoms with Crippen LogP contribution in [0.2, 0.25) is 0 Å². The molecule has 0 saturated carbocycles. The maximum Gasteiger partial charge on any atom is 0.317 e. The van der Waals surface area contributed by atoms with Crippen molar-refractivity contribution in [3.05, 3.63) is 24.5 Å². The van der Waals surface area contributed by atoms with Crippen LogP contribution in [0.5, 0.6) is 0 Å². The van der Waals surface area contributed by atoms with Gasteiger partial charge in [0.15, 0.2) is 0 Å². The van der Waals surface area contributed by atoms with Crippen molar-refractivity contribution in [2.45, 2.75) is 6.92 Å². The predicted octanol–water partition coefficient (Wildman–Crippen LogP) is 0.950. The molecule has 0 aliphatic carbocycles. The molecule has 2 aliphatic rings. The quantitative estimate of drug-likeness (QED) is 0.900. The first kappa shape index (κ1) is 14.1. The van der Waals surface area contributed by atoms with Crippen molar-refractivity contribution in [2.24, 2.45) is 5.41 Å². The minimum Gasteiger partial charge on any atom is -0.380 e. The van der Waals surface area contributed by atoms with E-state index in [1.807, 2.05) is 17.2 Å². The number of pyridine rings is 1. The summed E-state index contributed by atoms with van der Waals surface area (Å²) < 4.78 is 5.20. The average molecular weight is 290 g/mol. The van der Waals surface area contributed by atoms with Crippen molar-refractivity contribution >= 4 is 11.7 Å². The molecule has 21 heavy (non-hydrogen) atoms. The maximum absolute atomic E-state index is 12.2.